The third-order valence-electron chi connectivity index (χ3n) is 5.57. The summed E-state index contributed by atoms with van der Waals surface area (Å²) in [5.74, 6) is 0. The molecule has 3 aromatic carbocycles. The van der Waals surface area contributed by atoms with Gasteiger partial charge in [0, 0.05) is 29.6 Å². The van der Waals surface area contributed by atoms with Gasteiger partial charge in [-0.1, -0.05) is 54.2 Å². The molecule has 0 aliphatic carbocycles. The van der Waals surface area contributed by atoms with Crippen LogP contribution in [0.25, 0.3) is 17.0 Å². The highest BCUT2D eigenvalue weighted by Crippen LogP contribution is 2.46. The van der Waals surface area contributed by atoms with Gasteiger partial charge in [0.2, 0.25) is 5.52 Å². The number of aromatic nitrogens is 1. The summed E-state index contributed by atoms with van der Waals surface area (Å²) in [7, 11) is -2.34. The maximum absolute atomic E-state index is 11.5. The van der Waals surface area contributed by atoms with E-state index in [0.717, 1.165) is 38.6 Å². The van der Waals surface area contributed by atoms with Gasteiger partial charge in [0.25, 0.3) is 10.1 Å². The molecular weight excluding hydrogens is 440 g/mol. The van der Waals surface area contributed by atoms with Gasteiger partial charge >= 0.3 is 0 Å². The molecule has 5 nitrogen and oxygen atoms in total. The quantitative estimate of drug-likeness (QED) is 0.344. The summed E-state index contributed by atoms with van der Waals surface area (Å²) in [4.78, 5) is 2.80. The first-order valence-electron chi connectivity index (χ1n) is 10.1. The molecule has 0 saturated carbocycles. The fraction of sp³-hybridized carbons (Fsp3) is 0.0800. The number of para-hydroxylation sites is 1. The van der Waals surface area contributed by atoms with Crippen molar-refractivity contribution in [3.8, 4) is 0 Å². The second-order valence-electron chi connectivity index (χ2n) is 7.65. The van der Waals surface area contributed by atoms with Crippen LogP contribution in [0.5, 0.6) is 0 Å². The van der Waals surface area contributed by atoms with E-state index in [9.17, 15) is 13.0 Å². The molecule has 1 aliphatic heterocycles. The van der Waals surface area contributed by atoms with Gasteiger partial charge in [-0.3, -0.25) is 4.55 Å². The first-order valence-corrected chi connectivity index (χ1v) is 12.4. The summed E-state index contributed by atoms with van der Waals surface area (Å²) >= 11 is 1.58. The van der Waals surface area contributed by atoms with Crippen molar-refractivity contribution < 1.29 is 17.5 Å². The molecular formula is C25H21N2O3S2+. The van der Waals surface area contributed by atoms with Gasteiger partial charge in [0.05, 0.1) is 21.0 Å². The molecule has 1 aromatic heterocycles. The number of hydrogen-bond acceptors (Lipinski definition) is 4. The number of thioether (sulfide) groups is 1. The van der Waals surface area contributed by atoms with Gasteiger partial charge in [0.15, 0.2) is 12.7 Å². The minimum Gasteiger partial charge on any atom is -0.338 e. The third kappa shape index (κ3) is 3.90. The zero-order valence-electron chi connectivity index (χ0n) is 17.3. The van der Waals surface area contributed by atoms with Crippen LogP contribution in [-0.4, -0.2) is 20.0 Å². The van der Waals surface area contributed by atoms with E-state index in [1.807, 2.05) is 30.1 Å². The van der Waals surface area contributed by atoms with Crippen molar-refractivity contribution in [1.82, 2.24) is 0 Å². The lowest BCUT2D eigenvalue weighted by Crippen LogP contribution is -2.34. The van der Waals surface area contributed by atoms with Gasteiger partial charge in [-0.15, -0.1) is 0 Å². The molecule has 7 heteroatoms. The van der Waals surface area contributed by atoms with Crippen LogP contribution in [0.15, 0.2) is 99.9 Å². The predicted molar refractivity (Wildman–Crippen MR) is 128 cm³/mol. The second-order valence-corrected chi connectivity index (χ2v) is 10.1. The zero-order chi connectivity index (χ0) is 22.3. The maximum Gasteiger partial charge on any atom is 0.294 e. The Balaban J connectivity index is 1.54. The van der Waals surface area contributed by atoms with Crippen LogP contribution in [0, 0.1) is 0 Å². The number of hydrogen-bond donors (Lipinski definition) is 1. The van der Waals surface area contributed by atoms with E-state index in [2.05, 4.69) is 59.3 Å². The molecule has 0 amide bonds. The van der Waals surface area contributed by atoms with E-state index in [-0.39, 0.29) is 4.90 Å². The van der Waals surface area contributed by atoms with Crippen molar-refractivity contribution in [3.05, 3.63) is 101 Å². The van der Waals surface area contributed by atoms with Gasteiger partial charge in [-0.05, 0) is 35.9 Å². The highest BCUT2D eigenvalue weighted by molar-refractivity contribution is 8.03. The average molecular weight is 462 g/mol. The predicted octanol–water partition coefficient (Wildman–Crippen LogP) is 4.96. The molecule has 4 aromatic rings. The van der Waals surface area contributed by atoms with Crippen LogP contribution in [0.2, 0.25) is 0 Å². The Labute approximate surface area is 191 Å². The van der Waals surface area contributed by atoms with E-state index in [1.54, 1.807) is 17.8 Å². The summed E-state index contributed by atoms with van der Waals surface area (Å²) in [5.41, 5.74) is 4.23. The first kappa shape index (κ1) is 20.8. The Morgan fingerprint density at radius 3 is 2.53 bits per heavy atom. The highest BCUT2D eigenvalue weighted by Gasteiger charge is 2.25. The van der Waals surface area contributed by atoms with Gasteiger partial charge in [-0.2, -0.15) is 13.0 Å². The van der Waals surface area contributed by atoms with E-state index < -0.39 is 10.1 Å². The molecule has 0 radical (unpaired) electrons. The van der Waals surface area contributed by atoms with Crippen LogP contribution >= 0.6 is 11.8 Å². The lowest BCUT2D eigenvalue weighted by molar-refractivity contribution is -0.662. The molecule has 2 heterocycles. The van der Waals surface area contributed by atoms with Crippen molar-refractivity contribution in [1.29, 1.82) is 0 Å². The average Bonchev–Trinajstić information content (AvgIpc) is 3.10. The Morgan fingerprint density at radius 1 is 1.00 bits per heavy atom. The maximum atomic E-state index is 11.5. The summed E-state index contributed by atoms with van der Waals surface area (Å²) < 4.78 is 34.7. The Bertz CT molecular complexity index is 1470. The minimum atomic E-state index is -4.24. The fourth-order valence-electron chi connectivity index (χ4n) is 3.92. The smallest absolute Gasteiger partial charge is 0.294 e. The van der Waals surface area contributed by atoms with Crippen molar-refractivity contribution in [2.24, 2.45) is 0 Å². The molecule has 32 heavy (non-hydrogen) atoms. The topological polar surface area (TPSA) is 61.5 Å². The van der Waals surface area contributed by atoms with Crippen molar-refractivity contribution >= 4 is 44.5 Å². The standard InChI is InChI=1S/C25H20N2O3S2/c1-26-23-16-20(32(28,29)30)11-12-24(23)31-25(26)15-19-13-14-27(17-18-7-3-2-4-8-18)22-10-6-5-9-21(19)22/h2-16H,17H2,1H3/p+1. The summed E-state index contributed by atoms with van der Waals surface area (Å²) in [6.45, 7) is 0.788. The van der Waals surface area contributed by atoms with Gasteiger partial charge in [0.1, 0.15) is 0 Å². The van der Waals surface area contributed by atoms with Crippen molar-refractivity contribution in [3.63, 3.8) is 0 Å². The first-order chi connectivity index (χ1) is 15.4. The number of fused-ring (bicyclic) bond motifs is 2. The molecule has 160 valence electrons. The van der Waals surface area contributed by atoms with E-state index in [0.29, 0.717) is 0 Å². The Hall–Kier alpha value is -3.13. The molecule has 0 spiro atoms. The molecule has 0 saturated heterocycles. The van der Waals surface area contributed by atoms with Crippen molar-refractivity contribution in [2.45, 2.75) is 16.3 Å². The minimum absolute atomic E-state index is 0.0999. The Morgan fingerprint density at radius 2 is 1.75 bits per heavy atom. The van der Waals surface area contributed by atoms with Crippen LogP contribution < -0.4 is 9.47 Å². The molecule has 1 aliphatic rings. The monoisotopic (exact) mass is 461 g/mol. The van der Waals surface area contributed by atoms with Gasteiger partial charge < -0.3 is 4.90 Å². The van der Waals surface area contributed by atoms with Gasteiger partial charge in [-0.25, -0.2) is 0 Å². The van der Waals surface area contributed by atoms with Crippen LogP contribution in [0.4, 0.5) is 5.69 Å². The molecule has 0 bridgehead atoms. The number of benzene rings is 3. The zero-order valence-corrected chi connectivity index (χ0v) is 19.0. The molecule has 5 rings (SSSR count). The number of nitrogens with zero attached hydrogens (tertiary/aromatic N) is 2. The fourth-order valence-corrected chi connectivity index (χ4v) is 5.50. The third-order valence-corrected chi connectivity index (χ3v) is 7.58. The van der Waals surface area contributed by atoms with E-state index in [4.69, 9.17) is 0 Å². The number of rotatable bonds is 4. The molecule has 1 N–H and O–H groups in total. The summed E-state index contributed by atoms with van der Waals surface area (Å²) in [6.07, 6.45) is 4.22. The normalized spacial score (nSPS) is 14.8. The number of pyridine rings is 1. The summed E-state index contributed by atoms with van der Waals surface area (Å²) in [5, 5.41) is 2.13. The van der Waals surface area contributed by atoms with Crippen molar-refractivity contribution in [2.75, 3.05) is 11.9 Å². The SMILES string of the molecule is CN1C(=Cc2cc[n+](Cc3ccccc3)c3ccccc23)Sc2ccc(S(=O)(=O)O)cc21. The number of anilines is 1. The highest BCUT2D eigenvalue weighted by atomic mass is 32.2. The lowest BCUT2D eigenvalue weighted by Gasteiger charge is -2.14. The molecule has 0 unspecified atom stereocenters. The summed E-state index contributed by atoms with van der Waals surface area (Å²) in [6, 6.07) is 25.5. The van der Waals surface area contributed by atoms with Crippen LogP contribution in [0.3, 0.4) is 0 Å². The van der Waals surface area contributed by atoms with E-state index >= 15 is 0 Å². The Kier molecular flexibility index (Phi) is 5.25. The van der Waals surface area contributed by atoms with Crippen LogP contribution in [0.1, 0.15) is 11.1 Å². The van der Waals surface area contributed by atoms with Crippen LogP contribution in [-0.2, 0) is 16.7 Å². The second kappa shape index (κ2) is 8.09. The largest absolute Gasteiger partial charge is 0.338 e. The molecule has 0 atom stereocenters. The van der Waals surface area contributed by atoms with E-state index in [1.165, 1.54) is 17.7 Å². The molecule has 0 fully saturated rings. The lowest BCUT2D eigenvalue weighted by atomic mass is 10.1.